The van der Waals surface area contributed by atoms with E-state index in [0.717, 1.165) is 12.8 Å². The van der Waals surface area contributed by atoms with E-state index in [1.807, 2.05) is 0 Å². The molecule has 1 heterocycles. The molecule has 0 aromatic heterocycles. The zero-order valence-corrected chi connectivity index (χ0v) is 12.1. The fraction of sp³-hybridized carbons (Fsp3) is 0.846. The van der Waals surface area contributed by atoms with E-state index in [4.69, 9.17) is 5.11 Å². The summed E-state index contributed by atoms with van der Waals surface area (Å²) in [7, 11) is 1.51. The van der Waals surface area contributed by atoms with Crippen LogP contribution in [0.1, 0.15) is 33.6 Å². The monoisotopic (exact) mass is 272 g/mol. The first-order chi connectivity index (χ1) is 8.67. The summed E-state index contributed by atoms with van der Waals surface area (Å²) in [6.45, 7) is 5.91. The van der Waals surface area contributed by atoms with Crippen molar-refractivity contribution in [3.63, 3.8) is 0 Å². The number of aliphatic hydroxyl groups is 1. The molecule has 1 aliphatic heterocycles. The zero-order valence-electron chi connectivity index (χ0n) is 12.1. The molecule has 0 saturated carbocycles. The molecule has 1 fully saturated rings. The average Bonchev–Trinajstić information content (AvgIpc) is 2.36. The highest BCUT2D eigenvalue weighted by Crippen LogP contribution is 2.23. The van der Waals surface area contributed by atoms with Gasteiger partial charge in [-0.2, -0.15) is 0 Å². The Bertz CT molecular complexity index is 347. The van der Waals surface area contributed by atoms with E-state index in [1.54, 1.807) is 11.8 Å². The number of amides is 2. The summed E-state index contributed by atoms with van der Waals surface area (Å²) in [6.07, 6.45) is 1.15. The molecule has 1 aliphatic rings. The number of aliphatic hydroxyl groups excluding tert-OH is 1. The van der Waals surface area contributed by atoms with Gasteiger partial charge in [-0.15, -0.1) is 0 Å². The molecular formula is C13H24N2O4. The maximum absolute atomic E-state index is 12.3. The van der Waals surface area contributed by atoms with Crippen LogP contribution < -0.4 is 0 Å². The summed E-state index contributed by atoms with van der Waals surface area (Å²) in [6, 6.07) is -0.267. The minimum atomic E-state index is -1.22. The van der Waals surface area contributed by atoms with Crippen molar-refractivity contribution >= 4 is 12.0 Å². The van der Waals surface area contributed by atoms with Crippen LogP contribution in [0.3, 0.4) is 0 Å². The van der Waals surface area contributed by atoms with Gasteiger partial charge in [0.2, 0.25) is 0 Å². The lowest BCUT2D eigenvalue weighted by Crippen LogP contribution is -2.56. The molecule has 1 saturated heterocycles. The molecule has 2 amide bonds. The predicted molar refractivity (Wildman–Crippen MR) is 70.9 cm³/mol. The van der Waals surface area contributed by atoms with Crippen molar-refractivity contribution in [2.24, 2.45) is 5.92 Å². The van der Waals surface area contributed by atoms with E-state index in [0.29, 0.717) is 13.1 Å². The average molecular weight is 272 g/mol. The van der Waals surface area contributed by atoms with Crippen LogP contribution in [0.4, 0.5) is 4.79 Å². The minimum Gasteiger partial charge on any atom is -0.480 e. The molecule has 2 N–H and O–H groups in total. The molecule has 1 rings (SSSR count). The Hall–Kier alpha value is -1.30. The number of nitrogens with zero attached hydrogens (tertiary/aromatic N) is 2. The van der Waals surface area contributed by atoms with Gasteiger partial charge in [-0.25, -0.2) is 9.59 Å². The van der Waals surface area contributed by atoms with Gasteiger partial charge >= 0.3 is 12.0 Å². The van der Waals surface area contributed by atoms with Gasteiger partial charge in [0, 0.05) is 20.1 Å². The summed E-state index contributed by atoms with van der Waals surface area (Å²) in [5, 5.41) is 18.6. The highest BCUT2D eigenvalue weighted by molar-refractivity contribution is 5.85. The largest absolute Gasteiger partial charge is 0.480 e. The number of hydrogen-bond acceptors (Lipinski definition) is 3. The molecule has 0 aromatic carbocycles. The van der Waals surface area contributed by atoms with Crippen LogP contribution in [-0.2, 0) is 4.79 Å². The molecule has 110 valence electrons. The fourth-order valence-electron chi connectivity index (χ4n) is 2.17. The van der Waals surface area contributed by atoms with Gasteiger partial charge in [0.05, 0.1) is 6.10 Å². The van der Waals surface area contributed by atoms with Gasteiger partial charge in [-0.1, -0.05) is 0 Å². The normalized spacial score (nSPS) is 19.1. The molecule has 6 heteroatoms. The van der Waals surface area contributed by atoms with Crippen molar-refractivity contribution in [2.45, 2.75) is 45.3 Å². The molecule has 0 spiro atoms. The number of likely N-dealkylation sites (tertiary alicyclic amines) is 1. The highest BCUT2D eigenvalue weighted by atomic mass is 16.4. The van der Waals surface area contributed by atoms with Crippen molar-refractivity contribution < 1.29 is 19.8 Å². The molecule has 0 aromatic rings. The Labute approximate surface area is 114 Å². The molecule has 1 unspecified atom stereocenters. The summed E-state index contributed by atoms with van der Waals surface area (Å²) >= 11 is 0. The molecule has 0 bridgehead atoms. The first-order valence-corrected chi connectivity index (χ1v) is 6.62. The molecular weight excluding hydrogens is 248 g/mol. The van der Waals surface area contributed by atoms with Crippen molar-refractivity contribution in [2.75, 3.05) is 20.1 Å². The van der Waals surface area contributed by atoms with Gasteiger partial charge < -0.3 is 20.0 Å². The lowest BCUT2D eigenvalue weighted by Gasteiger charge is -2.39. The lowest BCUT2D eigenvalue weighted by molar-refractivity contribution is -0.147. The number of likely N-dealkylation sites (N-methyl/N-ethyl adjacent to an activating group) is 1. The van der Waals surface area contributed by atoms with Crippen molar-refractivity contribution in [1.82, 2.24) is 9.80 Å². The van der Waals surface area contributed by atoms with Crippen LogP contribution in [0, 0.1) is 5.92 Å². The van der Waals surface area contributed by atoms with Gasteiger partial charge in [-0.3, -0.25) is 0 Å². The number of rotatable bonds is 3. The number of carboxylic acids is 1. The van der Waals surface area contributed by atoms with Crippen molar-refractivity contribution in [3.8, 4) is 0 Å². The van der Waals surface area contributed by atoms with Crippen LogP contribution in [-0.4, -0.2) is 63.8 Å². The van der Waals surface area contributed by atoms with Gasteiger partial charge in [-0.05, 0) is 39.5 Å². The number of carbonyl (C=O) groups excluding carboxylic acids is 1. The van der Waals surface area contributed by atoms with Crippen LogP contribution in [0.2, 0.25) is 0 Å². The highest BCUT2D eigenvalue weighted by Gasteiger charge is 2.38. The Kier molecular flexibility index (Phi) is 4.79. The fourth-order valence-corrected chi connectivity index (χ4v) is 2.17. The number of piperidine rings is 1. The quantitative estimate of drug-likeness (QED) is 0.803. The third-order valence-electron chi connectivity index (χ3n) is 4.14. The Morgan fingerprint density at radius 2 is 1.79 bits per heavy atom. The summed E-state index contributed by atoms with van der Waals surface area (Å²) in [4.78, 5) is 26.3. The summed E-state index contributed by atoms with van der Waals surface area (Å²) < 4.78 is 0. The summed E-state index contributed by atoms with van der Waals surface area (Å²) in [5.41, 5.74) is -1.22. The summed E-state index contributed by atoms with van der Waals surface area (Å²) in [5.74, 6) is -0.802. The van der Waals surface area contributed by atoms with Crippen LogP contribution in [0.5, 0.6) is 0 Å². The molecule has 1 atom stereocenters. The van der Waals surface area contributed by atoms with E-state index in [2.05, 4.69) is 0 Å². The van der Waals surface area contributed by atoms with Gasteiger partial charge in [0.25, 0.3) is 0 Å². The second-order valence-corrected chi connectivity index (χ2v) is 5.77. The van der Waals surface area contributed by atoms with E-state index in [1.165, 1.54) is 25.8 Å². The molecule has 0 aliphatic carbocycles. The topological polar surface area (TPSA) is 81.1 Å². The van der Waals surface area contributed by atoms with Gasteiger partial charge in [0.1, 0.15) is 5.54 Å². The number of aliphatic carboxylic acids is 1. The van der Waals surface area contributed by atoms with Crippen LogP contribution >= 0.6 is 0 Å². The second-order valence-electron chi connectivity index (χ2n) is 5.77. The number of hydrogen-bond donors (Lipinski definition) is 2. The maximum Gasteiger partial charge on any atom is 0.329 e. The number of urea groups is 1. The van der Waals surface area contributed by atoms with Crippen LogP contribution in [0.15, 0.2) is 0 Å². The van der Waals surface area contributed by atoms with Crippen molar-refractivity contribution in [3.05, 3.63) is 0 Å². The van der Waals surface area contributed by atoms with E-state index >= 15 is 0 Å². The number of carboxylic acid groups (broad SMARTS) is 1. The SMILES string of the molecule is CC(O)C1CCN(C(=O)N(C)C(C)(C)C(=O)O)CC1. The van der Waals surface area contributed by atoms with Crippen LogP contribution in [0.25, 0.3) is 0 Å². The Morgan fingerprint density at radius 3 is 2.16 bits per heavy atom. The predicted octanol–water partition coefficient (Wildman–Crippen LogP) is 0.994. The van der Waals surface area contributed by atoms with Crippen molar-refractivity contribution in [1.29, 1.82) is 0 Å². The third-order valence-corrected chi connectivity index (χ3v) is 4.14. The molecule has 19 heavy (non-hydrogen) atoms. The van der Waals surface area contributed by atoms with E-state index in [-0.39, 0.29) is 18.1 Å². The maximum atomic E-state index is 12.3. The first-order valence-electron chi connectivity index (χ1n) is 6.62. The first kappa shape index (κ1) is 15.8. The third kappa shape index (κ3) is 3.37. The molecule has 6 nitrogen and oxygen atoms in total. The Balaban J connectivity index is 2.63. The number of carbonyl (C=O) groups is 2. The van der Waals surface area contributed by atoms with E-state index in [9.17, 15) is 14.7 Å². The minimum absolute atomic E-state index is 0.224. The standard InChI is InChI=1S/C13H24N2O4/c1-9(16)10-5-7-15(8-6-10)12(19)14(4)13(2,3)11(17)18/h9-10,16H,5-8H2,1-4H3,(H,17,18). The van der Waals surface area contributed by atoms with Gasteiger partial charge in [0.15, 0.2) is 0 Å². The smallest absolute Gasteiger partial charge is 0.329 e. The van der Waals surface area contributed by atoms with E-state index < -0.39 is 11.5 Å². The molecule has 0 radical (unpaired) electrons. The Morgan fingerprint density at radius 1 is 1.32 bits per heavy atom. The second kappa shape index (κ2) is 5.77. The lowest BCUT2D eigenvalue weighted by atomic mass is 9.92. The zero-order chi connectivity index (χ0) is 14.8.